The van der Waals surface area contributed by atoms with Crippen molar-refractivity contribution in [1.82, 2.24) is 10.2 Å². The quantitative estimate of drug-likeness (QED) is 0.863. The van der Waals surface area contributed by atoms with Gasteiger partial charge in [0, 0.05) is 25.7 Å². The summed E-state index contributed by atoms with van der Waals surface area (Å²) >= 11 is 11.9. The maximum absolute atomic E-state index is 12.0. The molecular weight excluding hydrogens is 307 g/mol. The van der Waals surface area contributed by atoms with Gasteiger partial charge in [-0.05, 0) is 24.8 Å². The van der Waals surface area contributed by atoms with Crippen LogP contribution in [0.15, 0.2) is 30.3 Å². The molecule has 114 valence electrons. The Labute approximate surface area is 135 Å². The van der Waals surface area contributed by atoms with Gasteiger partial charge in [0.2, 0.25) is 5.91 Å². The highest BCUT2D eigenvalue weighted by Gasteiger charge is 2.56. The maximum atomic E-state index is 12.0. The molecule has 0 aromatic heterocycles. The third kappa shape index (κ3) is 3.91. The van der Waals surface area contributed by atoms with Gasteiger partial charge in [-0.15, -0.1) is 23.2 Å². The number of piperidine rings is 1. The Morgan fingerprint density at radius 1 is 1.24 bits per heavy atom. The summed E-state index contributed by atoms with van der Waals surface area (Å²) in [5, 5.41) is 3.09. The molecule has 1 aliphatic heterocycles. The van der Waals surface area contributed by atoms with Crippen molar-refractivity contribution in [2.75, 3.05) is 13.1 Å². The van der Waals surface area contributed by atoms with E-state index in [1.165, 1.54) is 5.56 Å². The van der Waals surface area contributed by atoms with E-state index >= 15 is 0 Å². The standard InChI is InChI=1S/C16H20Cl2N2O/c17-16(18)10-14(16)15(21)19-13-6-8-20(9-7-13)11-12-4-2-1-3-5-12/h1-5,13-14H,6-11H2,(H,19,21)/t14-/m0/s1. The molecule has 0 bridgehead atoms. The molecule has 2 aliphatic rings. The van der Waals surface area contributed by atoms with E-state index in [9.17, 15) is 4.79 Å². The lowest BCUT2D eigenvalue weighted by atomic mass is 10.0. The molecule has 1 aromatic rings. The summed E-state index contributed by atoms with van der Waals surface area (Å²) in [5.74, 6) is -0.204. The molecule has 1 aromatic carbocycles. The van der Waals surface area contributed by atoms with Gasteiger partial charge in [0.15, 0.2) is 0 Å². The lowest BCUT2D eigenvalue weighted by Gasteiger charge is -2.32. The number of hydrogen-bond acceptors (Lipinski definition) is 2. The molecule has 1 N–H and O–H groups in total. The van der Waals surface area contributed by atoms with Gasteiger partial charge in [0.1, 0.15) is 4.33 Å². The minimum atomic E-state index is -0.821. The molecule has 3 rings (SSSR count). The molecule has 1 atom stereocenters. The first kappa shape index (κ1) is 15.1. The zero-order chi connectivity index (χ0) is 14.9. The number of likely N-dealkylation sites (tertiary alicyclic amines) is 1. The summed E-state index contributed by atoms with van der Waals surface area (Å²) in [6, 6.07) is 10.7. The van der Waals surface area contributed by atoms with E-state index in [1.54, 1.807) is 0 Å². The van der Waals surface area contributed by atoms with E-state index in [0.717, 1.165) is 32.5 Å². The molecule has 0 radical (unpaired) electrons. The van der Waals surface area contributed by atoms with Crippen LogP contribution in [0.4, 0.5) is 0 Å². The average molecular weight is 327 g/mol. The van der Waals surface area contributed by atoms with Gasteiger partial charge in [-0.3, -0.25) is 9.69 Å². The number of halogens is 2. The number of amides is 1. The second kappa shape index (κ2) is 6.15. The fourth-order valence-corrected chi connectivity index (χ4v) is 3.38. The highest BCUT2D eigenvalue weighted by Crippen LogP contribution is 2.53. The second-order valence-corrected chi connectivity index (χ2v) is 7.60. The molecule has 21 heavy (non-hydrogen) atoms. The number of nitrogens with zero attached hydrogens (tertiary/aromatic N) is 1. The minimum absolute atomic E-state index is 0.0153. The van der Waals surface area contributed by atoms with Crippen LogP contribution in [0.3, 0.4) is 0 Å². The summed E-state index contributed by atoms with van der Waals surface area (Å²) in [6.45, 7) is 3.01. The van der Waals surface area contributed by atoms with E-state index < -0.39 is 4.33 Å². The first-order chi connectivity index (χ1) is 10.0. The molecule has 1 amide bonds. The van der Waals surface area contributed by atoms with E-state index in [2.05, 4.69) is 34.5 Å². The number of nitrogens with one attached hydrogen (secondary N) is 1. The van der Waals surface area contributed by atoms with E-state index in [0.29, 0.717) is 6.42 Å². The van der Waals surface area contributed by atoms with Crippen molar-refractivity contribution >= 4 is 29.1 Å². The molecule has 3 nitrogen and oxygen atoms in total. The van der Waals surface area contributed by atoms with E-state index in [1.807, 2.05) is 6.07 Å². The smallest absolute Gasteiger partial charge is 0.226 e. The zero-order valence-electron chi connectivity index (χ0n) is 11.9. The van der Waals surface area contributed by atoms with Crippen molar-refractivity contribution in [3.8, 4) is 0 Å². The molecule has 1 saturated carbocycles. The van der Waals surface area contributed by atoms with Gasteiger partial charge in [-0.25, -0.2) is 0 Å². The molecular formula is C16H20Cl2N2O. The van der Waals surface area contributed by atoms with Gasteiger partial charge >= 0.3 is 0 Å². The minimum Gasteiger partial charge on any atom is -0.353 e. The molecule has 0 spiro atoms. The lowest BCUT2D eigenvalue weighted by Crippen LogP contribution is -2.45. The SMILES string of the molecule is O=C(NC1CCN(Cc2ccccc2)CC1)[C@@H]1CC1(Cl)Cl. The third-order valence-electron chi connectivity index (χ3n) is 4.33. The van der Waals surface area contributed by atoms with Crippen molar-refractivity contribution in [1.29, 1.82) is 0 Å². The first-order valence-corrected chi connectivity index (χ1v) is 8.25. The predicted octanol–water partition coefficient (Wildman–Crippen LogP) is 2.96. The Balaban J connectivity index is 1.42. The van der Waals surface area contributed by atoms with Crippen molar-refractivity contribution in [2.24, 2.45) is 5.92 Å². The first-order valence-electron chi connectivity index (χ1n) is 7.49. The van der Waals surface area contributed by atoms with E-state index in [-0.39, 0.29) is 17.9 Å². The number of alkyl halides is 2. The number of rotatable bonds is 4. The largest absolute Gasteiger partial charge is 0.353 e. The van der Waals surface area contributed by atoms with Crippen LogP contribution in [0.2, 0.25) is 0 Å². The molecule has 1 saturated heterocycles. The third-order valence-corrected chi connectivity index (χ3v) is 5.16. The highest BCUT2D eigenvalue weighted by molar-refractivity contribution is 6.52. The lowest BCUT2D eigenvalue weighted by molar-refractivity contribution is -0.123. The number of carbonyl (C=O) groups is 1. The van der Waals surface area contributed by atoms with Gasteiger partial charge in [-0.2, -0.15) is 0 Å². The van der Waals surface area contributed by atoms with Crippen LogP contribution in [-0.2, 0) is 11.3 Å². The molecule has 5 heteroatoms. The van der Waals surface area contributed by atoms with Gasteiger partial charge < -0.3 is 5.32 Å². The van der Waals surface area contributed by atoms with Crippen LogP contribution in [0.5, 0.6) is 0 Å². The fourth-order valence-electron chi connectivity index (χ4n) is 2.88. The van der Waals surface area contributed by atoms with E-state index in [4.69, 9.17) is 23.2 Å². The molecule has 0 unspecified atom stereocenters. The van der Waals surface area contributed by atoms with Gasteiger partial charge in [-0.1, -0.05) is 30.3 Å². The van der Waals surface area contributed by atoms with Crippen LogP contribution >= 0.6 is 23.2 Å². The normalized spacial score (nSPS) is 25.5. The van der Waals surface area contributed by atoms with Crippen LogP contribution in [-0.4, -0.2) is 34.3 Å². The Hall–Kier alpha value is -0.770. The Kier molecular flexibility index (Phi) is 4.43. The number of carbonyl (C=O) groups excluding carboxylic acids is 1. The van der Waals surface area contributed by atoms with Crippen molar-refractivity contribution in [3.05, 3.63) is 35.9 Å². The van der Waals surface area contributed by atoms with Crippen LogP contribution in [0, 0.1) is 5.92 Å². The Morgan fingerprint density at radius 2 is 1.86 bits per heavy atom. The maximum Gasteiger partial charge on any atom is 0.226 e. The monoisotopic (exact) mass is 326 g/mol. The topological polar surface area (TPSA) is 32.3 Å². The second-order valence-electron chi connectivity index (χ2n) is 6.06. The van der Waals surface area contributed by atoms with Crippen molar-refractivity contribution in [3.63, 3.8) is 0 Å². The highest BCUT2D eigenvalue weighted by atomic mass is 35.5. The van der Waals surface area contributed by atoms with Gasteiger partial charge in [0.25, 0.3) is 0 Å². The average Bonchev–Trinajstić information content (AvgIpc) is 3.11. The van der Waals surface area contributed by atoms with Crippen molar-refractivity contribution in [2.45, 2.75) is 36.2 Å². The Morgan fingerprint density at radius 3 is 2.43 bits per heavy atom. The predicted molar refractivity (Wildman–Crippen MR) is 85.4 cm³/mol. The van der Waals surface area contributed by atoms with Gasteiger partial charge in [0.05, 0.1) is 5.92 Å². The number of hydrogen-bond donors (Lipinski definition) is 1. The summed E-state index contributed by atoms with van der Waals surface area (Å²) < 4.78 is -0.821. The summed E-state index contributed by atoms with van der Waals surface area (Å²) in [5.41, 5.74) is 1.34. The number of benzene rings is 1. The van der Waals surface area contributed by atoms with Crippen LogP contribution in [0.1, 0.15) is 24.8 Å². The summed E-state index contributed by atoms with van der Waals surface area (Å²) in [6.07, 6.45) is 2.56. The van der Waals surface area contributed by atoms with Crippen LogP contribution < -0.4 is 5.32 Å². The zero-order valence-corrected chi connectivity index (χ0v) is 13.4. The van der Waals surface area contributed by atoms with Crippen molar-refractivity contribution < 1.29 is 4.79 Å². The summed E-state index contributed by atoms with van der Waals surface area (Å²) in [7, 11) is 0. The Bertz CT molecular complexity index is 498. The molecule has 1 aliphatic carbocycles. The fraction of sp³-hybridized carbons (Fsp3) is 0.562. The molecule has 1 heterocycles. The summed E-state index contributed by atoms with van der Waals surface area (Å²) in [4.78, 5) is 14.4. The van der Waals surface area contributed by atoms with Crippen LogP contribution in [0.25, 0.3) is 0 Å². The molecule has 2 fully saturated rings.